The number of carbonyl (C=O) groups excluding carboxylic acids is 1. The average molecular weight is 386 g/mol. The van der Waals surface area contributed by atoms with Crippen LogP contribution >= 0.6 is 0 Å². The Labute approximate surface area is 165 Å². The molecule has 0 saturated carbocycles. The van der Waals surface area contributed by atoms with Crippen molar-refractivity contribution in [3.63, 3.8) is 0 Å². The third-order valence-electron chi connectivity index (χ3n) is 4.70. The molecule has 0 bridgehead atoms. The van der Waals surface area contributed by atoms with Gasteiger partial charge in [-0.05, 0) is 29.8 Å². The number of hydrogen-bond donors (Lipinski definition) is 1. The minimum absolute atomic E-state index is 0.201. The third-order valence-corrected chi connectivity index (χ3v) is 4.70. The summed E-state index contributed by atoms with van der Waals surface area (Å²) in [6.45, 7) is -0.138. The van der Waals surface area contributed by atoms with Crippen molar-refractivity contribution in [1.29, 1.82) is 0 Å². The van der Waals surface area contributed by atoms with Crippen molar-refractivity contribution in [2.24, 2.45) is 0 Å². The predicted octanol–water partition coefficient (Wildman–Crippen LogP) is 2.07. The zero-order chi connectivity index (χ0) is 20.4. The van der Waals surface area contributed by atoms with Gasteiger partial charge in [0, 0.05) is 17.4 Å². The fraction of sp³-hybridized carbons (Fsp3) is 0.0909. The Kier molecular flexibility index (Phi) is 4.78. The molecule has 0 aliphatic carbocycles. The first-order valence-electron chi connectivity index (χ1n) is 9.05. The van der Waals surface area contributed by atoms with Gasteiger partial charge in [-0.1, -0.05) is 42.5 Å². The molecule has 7 heteroatoms. The summed E-state index contributed by atoms with van der Waals surface area (Å²) in [6, 6.07) is 18.9. The minimum atomic E-state index is -0.581. The van der Waals surface area contributed by atoms with Crippen molar-refractivity contribution in [3.05, 3.63) is 105 Å². The van der Waals surface area contributed by atoms with E-state index in [4.69, 9.17) is 5.73 Å². The molecular weight excluding hydrogens is 368 g/mol. The van der Waals surface area contributed by atoms with Crippen LogP contribution in [-0.4, -0.2) is 19.9 Å². The van der Waals surface area contributed by atoms with Crippen molar-refractivity contribution < 1.29 is 4.79 Å². The van der Waals surface area contributed by atoms with Gasteiger partial charge >= 0.3 is 5.69 Å². The second-order valence-electron chi connectivity index (χ2n) is 6.67. The fourth-order valence-electron chi connectivity index (χ4n) is 3.19. The van der Waals surface area contributed by atoms with Gasteiger partial charge in [-0.3, -0.25) is 18.7 Å². The highest BCUT2D eigenvalue weighted by molar-refractivity contribution is 5.95. The quantitative estimate of drug-likeness (QED) is 0.418. The number of Topliss-reactive ketones (excluding diaryl/α,β-unsaturated/α-hetero) is 1. The van der Waals surface area contributed by atoms with Crippen molar-refractivity contribution >= 4 is 22.5 Å². The number of benzene rings is 2. The van der Waals surface area contributed by atoms with Crippen molar-refractivity contribution in [3.8, 4) is 0 Å². The number of rotatable bonds is 5. The van der Waals surface area contributed by atoms with Crippen LogP contribution in [0.1, 0.15) is 15.9 Å². The largest absolute Gasteiger partial charge is 0.399 e. The summed E-state index contributed by atoms with van der Waals surface area (Å²) in [5.74, 6) is -0.313. The number of ketones is 1. The number of pyridine rings is 1. The first kappa shape index (κ1) is 18.4. The van der Waals surface area contributed by atoms with Gasteiger partial charge in [0.25, 0.3) is 5.56 Å². The Morgan fingerprint density at radius 2 is 1.62 bits per heavy atom. The van der Waals surface area contributed by atoms with E-state index >= 15 is 0 Å². The van der Waals surface area contributed by atoms with E-state index in [2.05, 4.69) is 4.98 Å². The molecule has 0 amide bonds. The lowest BCUT2D eigenvalue weighted by molar-refractivity contribution is 0.0969. The van der Waals surface area contributed by atoms with E-state index in [9.17, 15) is 14.4 Å². The third kappa shape index (κ3) is 3.58. The smallest absolute Gasteiger partial charge is 0.333 e. The van der Waals surface area contributed by atoms with Crippen molar-refractivity contribution in [2.45, 2.75) is 13.1 Å². The summed E-state index contributed by atoms with van der Waals surface area (Å²) in [4.78, 5) is 42.9. The highest BCUT2D eigenvalue weighted by Gasteiger charge is 2.17. The van der Waals surface area contributed by atoms with Crippen LogP contribution in [0.5, 0.6) is 0 Å². The average Bonchev–Trinajstić information content (AvgIpc) is 2.76. The molecule has 2 N–H and O–H groups in total. The molecular formula is C22H18N4O3. The number of aromatic nitrogens is 3. The number of carbonyl (C=O) groups is 1. The van der Waals surface area contributed by atoms with E-state index in [1.54, 1.807) is 66.7 Å². The van der Waals surface area contributed by atoms with E-state index in [0.717, 1.165) is 10.1 Å². The summed E-state index contributed by atoms with van der Waals surface area (Å²) in [6.07, 6.45) is 1.53. The number of fused-ring (bicyclic) bond motifs is 1. The normalized spacial score (nSPS) is 10.9. The molecule has 0 unspecified atom stereocenters. The summed E-state index contributed by atoms with van der Waals surface area (Å²) in [7, 11) is 0. The lowest BCUT2D eigenvalue weighted by atomic mass is 10.1. The summed E-state index contributed by atoms with van der Waals surface area (Å²) in [5.41, 5.74) is 6.78. The van der Waals surface area contributed by atoms with E-state index < -0.39 is 11.2 Å². The van der Waals surface area contributed by atoms with Crippen LogP contribution in [0, 0.1) is 0 Å². The van der Waals surface area contributed by atoms with Crippen LogP contribution in [-0.2, 0) is 13.1 Å². The fourth-order valence-corrected chi connectivity index (χ4v) is 3.19. The van der Waals surface area contributed by atoms with Gasteiger partial charge in [0.1, 0.15) is 5.65 Å². The van der Waals surface area contributed by atoms with Gasteiger partial charge < -0.3 is 5.73 Å². The van der Waals surface area contributed by atoms with Gasteiger partial charge in [0.2, 0.25) is 0 Å². The first-order chi connectivity index (χ1) is 14.0. The predicted molar refractivity (Wildman–Crippen MR) is 111 cm³/mol. The van der Waals surface area contributed by atoms with E-state index in [1.165, 1.54) is 10.8 Å². The van der Waals surface area contributed by atoms with Crippen LogP contribution in [0.25, 0.3) is 11.0 Å². The maximum Gasteiger partial charge on any atom is 0.333 e. The Morgan fingerprint density at radius 1 is 0.897 bits per heavy atom. The number of anilines is 1. The van der Waals surface area contributed by atoms with Crippen LogP contribution in [0.3, 0.4) is 0 Å². The standard InChI is InChI=1S/C22H18N4O3/c23-17-10-8-15(9-11-17)13-25-20-18(7-4-12-24-20)21(28)26(22(25)29)14-19(27)16-5-2-1-3-6-16/h1-12H,13-14,23H2. The molecule has 144 valence electrons. The number of nitrogens with two attached hydrogens (primary N) is 1. The molecule has 29 heavy (non-hydrogen) atoms. The highest BCUT2D eigenvalue weighted by atomic mass is 16.2. The lowest BCUT2D eigenvalue weighted by Gasteiger charge is -2.13. The van der Waals surface area contributed by atoms with Crippen molar-refractivity contribution in [1.82, 2.24) is 14.1 Å². The second-order valence-corrected chi connectivity index (χ2v) is 6.67. The maximum atomic E-state index is 13.2. The Balaban J connectivity index is 1.85. The summed E-state index contributed by atoms with van der Waals surface area (Å²) >= 11 is 0. The van der Waals surface area contributed by atoms with Crippen molar-refractivity contribution in [2.75, 3.05) is 5.73 Å². The van der Waals surface area contributed by atoms with Gasteiger partial charge in [-0.25, -0.2) is 9.78 Å². The highest BCUT2D eigenvalue weighted by Crippen LogP contribution is 2.10. The zero-order valence-corrected chi connectivity index (χ0v) is 15.5. The Bertz CT molecular complexity index is 1310. The van der Waals surface area contributed by atoms with E-state index in [0.29, 0.717) is 11.3 Å². The molecule has 2 heterocycles. The Hall–Kier alpha value is -4.00. The molecule has 0 atom stereocenters. The van der Waals surface area contributed by atoms with Crippen LogP contribution in [0.4, 0.5) is 5.69 Å². The molecule has 0 spiro atoms. The SMILES string of the molecule is Nc1ccc(Cn2c(=O)n(CC(=O)c3ccccc3)c(=O)c3cccnc32)cc1. The van der Waals surface area contributed by atoms with E-state index in [-0.39, 0.29) is 29.9 Å². The topological polar surface area (TPSA) is 100.0 Å². The number of hydrogen-bond acceptors (Lipinski definition) is 5. The number of nitrogen functional groups attached to an aromatic ring is 1. The molecule has 7 nitrogen and oxygen atoms in total. The molecule has 2 aromatic carbocycles. The van der Waals surface area contributed by atoms with Crippen LogP contribution in [0.2, 0.25) is 0 Å². The van der Waals surface area contributed by atoms with Gasteiger partial charge in [0.15, 0.2) is 5.78 Å². The van der Waals surface area contributed by atoms with Crippen LogP contribution < -0.4 is 17.0 Å². The molecule has 0 fully saturated rings. The lowest BCUT2D eigenvalue weighted by Crippen LogP contribution is -2.42. The Morgan fingerprint density at radius 3 is 2.34 bits per heavy atom. The van der Waals surface area contributed by atoms with Gasteiger partial charge in [0.05, 0.1) is 18.5 Å². The van der Waals surface area contributed by atoms with Gasteiger partial charge in [-0.15, -0.1) is 0 Å². The molecule has 2 aromatic heterocycles. The van der Waals surface area contributed by atoms with Gasteiger partial charge in [-0.2, -0.15) is 0 Å². The molecule has 4 aromatic rings. The monoisotopic (exact) mass is 386 g/mol. The molecule has 4 rings (SSSR count). The second kappa shape index (κ2) is 7.55. The number of nitrogens with zero attached hydrogens (tertiary/aromatic N) is 3. The van der Waals surface area contributed by atoms with E-state index in [1.807, 2.05) is 0 Å². The maximum absolute atomic E-state index is 13.2. The minimum Gasteiger partial charge on any atom is -0.399 e. The van der Waals surface area contributed by atoms with Crippen LogP contribution in [0.15, 0.2) is 82.5 Å². The first-order valence-corrected chi connectivity index (χ1v) is 9.05. The zero-order valence-electron chi connectivity index (χ0n) is 15.5. The molecule has 0 radical (unpaired) electrons. The molecule has 0 saturated heterocycles. The summed E-state index contributed by atoms with van der Waals surface area (Å²) < 4.78 is 2.37. The summed E-state index contributed by atoms with van der Waals surface area (Å²) in [5, 5.41) is 0.281. The molecule has 0 aliphatic rings. The molecule has 0 aliphatic heterocycles.